The second-order valence-electron chi connectivity index (χ2n) is 6.61. The second kappa shape index (κ2) is 9.46. The average Bonchev–Trinajstić information content (AvgIpc) is 3.28. The van der Waals surface area contributed by atoms with Gasteiger partial charge >= 0.3 is 5.97 Å². The first-order chi connectivity index (χ1) is 14.3. The number of methoxy groups -OCH3 is 1. The van der Waals surface area contributed by atoms with Crippen LogP contribution in [-0.4, -0.2) is 51.4 Å². The van der Waals surface area contributed by atoms with Crippen molar-refractivity contribution in [1.29, 1.82) is 0 Å². The van der Waals surface area contributed by atoms with Crippen LogP contribution in [0.4, 0.5) is 5.69 Å². The van der Waals surface area contributed by atoms with Crippen LogP contribution < -0.4 is 10.1 Å². The zero-order chi connectivity index (χ0) is 21.7. The number of carbonyl (C=O) groups excluding carboxylic acids is 2. The van der Waals surface area contributed by atoms with Gasteiger partial charge in [0.05, 0.1) is 22.6 Å². The van der Waals surface area contributed by atoms with Gasteiger partial charge in [0.15, 0.2) is 6.61 Å². The Labute approximate surface area is 179 Å². The summed E-state index contributed by atoms with van der Waals surface area (Å²) < 4.78 is 36.8. The molecule has 0 aliphatic carbocycles. The van der Waals surface area contributed by atoms with Crippen molar-refractivity contribution in [2.45, 2.75) is 17.7 Å². The first kappa shape index (κ1) is 22.1. The van der Waals surface area contributed by atoms with E-state index in [1.165, 1.54) is 29.6 Å². The first-order valence-corrected chi connectivity index (χ1v) is 11.0. The van der Waals surface area contributed by atoms with Crippen LogP contribution in [0.15, 0.2) is 47.4 Å². The summed E-state index contributed by atoms with van der Waals surface area (Å²) in [7, 11) is -2.18. The summed E-state index contributed by atoms with van der Waals surface area (Å²) in [6.07, 6.45) is 1.59. The van der Waals surface area contributed by atoms with Gasteiger partial charge in [-0.3, -0.25) is 4.79 Å². The quantitative estimate of drug-likeness (QED) is 0.648. The minimum absolute atomic E-state index is 0.0379. The van der Waals surface area contributed by atoms with E-state index >= 15 is 0 Å². The maximum Gasteiger partial charge on any atom is 0.340 e. The molecule has 3 rings (SSSR count). The Morgan fingerprint density at radius 2 is 1.77 bits per heavy atom. The van der Waals surface area contributed by atoms with E-state index in [-0.39, 0.29) is 15.5 Å². The lowest BCUT2D eigenvalue weighted by atomic mass is 10.2. The second-order valence-corrected chi connectivity index (χ2v) is 8.95. The molecule has 0 radical (unpaired) electrons. The smallest absolute Gasteiger partial charge is 0.340 e. The van der Waals surface area contributed by atoms with Crippen molar-refractivity contribution >= 4 is 39.2 Å². The van der Waals surface area contributed by atoms with Gasteiger partial charge in [-0.2, -0.15) is 4.31 Å². The van der Waals surface area contributed by atoms with Crippen molar-refractivity contribution in [1.82, 2.24) is 4.31 Å². The van der Waals surface area contributed by atoms with E-state index in [1.54, 1.807) is 24.3 Å². The van der Waals surface area contributed by atoms with E-state index in [1.807, 2.05) is 0 Å². The van der Waals surface area contributed by atoms with Crippen LogP contribution in [0.1, 0.15) is 23.2 Å². The number of nitrogens with one attached hydrogen (secondary N) is 1. The standard InChI is InChI=1S/C20H21ClN2O6S/c1-28-15-6-4-14(5-7-15)22-19(24)13-29-20(25)17-12-16(8-9-18(17)21)30(26,27)23-10-2-3-11-23/h4-9,12H,2-3,10-11,13H2,1H3,(H,22,24). The highest BCUT2D eigenvalue weighted by atomic mass is 35.5. The molecule has 0 unspecified atom stereocenters. The summed E-state index contributed by atoms with van der Waals surface area (Å²) >= 11 is 6.05. The van der Waals surface area contributed by atoms with Crippen LogP contribution in [0.25, 0.3) is 0 Å². The molecule has 1 fully saturated rings. The normalized spacial score (nSPS) is 14.3. The van der Waals surface area contributed by atoms with Gasteiger partial charge < -0.3 is 14.8 Å². The molecule has 1 aliphatic heterocycles. The van der Waals surface area contributed by atoms with Gasteiger partial charge in [0.25, 0.3) is 5.91 Å². The number of nitrogens with zero attached hydrogens (tertiary/aromatic N) is 1. The van der Waals surface area contributed by atoms with E-state index in [0.717, 1.165) is 12.8 Å². The van der Waals surface area contributed by atoms with Crippen LogP contribution in [0.2, 0.25) is 5.02 Å². The Balaban J connectivity index is 1.65. The van der Waals surface area contributed by atoms with Gasteiger partial charge in [0.1, 0.15) is 5.75 Å². The van der Waals surface area contributed by atoms with Crippen LogP contribution >= 0.6 is 11.6 Å². The maximum atomic E-state index is 12.7. The van der Waals surface area contributed by atoms with E-state index in [0.29, 0.717) is 24.5 Å². The SMILES string of the molecule is COc1ccc(NC(=O)COC(=O)c2cc(S(=O)(=O)N3CCCC3)ccc2Cl)cc1. The molecule has 0 bridgehead atoms. The molecule has 1 N–H and O–H groups in total. The molecule has 0 spiro atoms. The first-order valence-electron chi connectivity index (χ1n) is 9.22. The van der Waals surface area contributed by atoms with E-state index in [9.17, 15) is 18.0 Å². The molecule has 1 aliphatic rings. The van der Waals surface area contributed by atoms with Crippen LogP contribution in [0, 0.1) is 0 Å². The number of ether oxygens (including phenoxy) is 2. The molecule has 0 saturated carbocycles. The van der Waals surface area contributed by atoms with Crippen molar-refractivity contribution in [3.8, 4) is 5.75 Å². The topological polar surface area (TPSA) is 102 Å². The number of hydrogen-bond donors (Lipinski definition) is 1. The summed E-state index contributed by atoms with van der Waals surface area (Å²) in [6.45, 7) is 0.330. The number of sulfonamides is 1. The van der Waals surface area contributed by atoms with Gasteiger partial charge in [-0.15, -0.1) is 0 Å². The van der Waals surface area contributed by atoms with E-state index < -0.39 is 28.5 Å². The Hall–Kier alpha value is -2.62. The van der Waals surface area contributed by atoms with Crippen LogP contribution in [-0.2, 0) is 19.6 Å². The molecule has 0 atom stereocenters. The number of hydrogen-bond acceptors (Lipinski definition) is 6. The molecular formula is C20H21ClN2O6S. The van der Waals surface area contributed by atoms with Crippen molar-refractivity contribution in [2.75, 3.05) is 32.1 Å². The Morgan fingerprint density at radius 3 is 2.40 bits per heavy atom. The Morgan fingerprint density at radius 1 is 1.10 bits per heavy atom. The average molecular weight is 453 g/mol. The summed E-state index contributed by atoms with van der Waals surface area (Å²) in [5.74, 6) is -0.799. The largest absolute Gasteiger partial charge is 0.497 e. The third-order valence-corrected chi connectivity index (χ3v) is 6.79. The maximum absolute atomic E-state index is 12.7. The fraction of sp³-hybridized carbons (Fsp3) is 0.300. The summed E-state index contributed by atoms with van der Waals surface area (Å²) in [5, 5.41) is 2.62. The highest BCUT2D eigenvalue weighted by molar-refractivity contribution is 7.89. The summed E-state index contributed by atoms with van der Waals surface area (Å²) in [4.78, 5) is 24.4. The fourth-order valence-electron chi connectivity index (χ4n) is 2.98. The van der Waals surface area contributed by atoms with Gasteiger partial charge in [0.2, 0.25) is 10.0 Å². The monoisotopic (exact) mass is 452 g/mol. The van der Waals surface area contributed by atoms with Crippen molar-refractivity contribution in [2.24, 2.45) is 0 Å². The number of amides is 1. The molecule has 10 heteroatoms. The third-order valence-electron chi connectivity index (χ3n) is 4.57. The van der Waals surface area contributed by atoms with Gasteiger partial charge in [-0.1, -0.05) is 11.6 Å². The van der Waals surface area contributed by atoms with E-state index in [4.69, 9.17) is 21.1 Å². The zero-order valence-corrected chi connectivity index (χ0v) is 17.8. The van der Waals surface area contributed by atoms with Gasteiger partial charge in [-0.05, 0) is 55.3 Å². The van der Waals surface area contributed by atoms with Gasteiger partial charge in [-0.25, -0.2) is 13.2 Å². The van der Waals surface area contributed by atoms with E-state index in [2.05, 4.69) is 5.32 Å². The predicted octanol–water partition coefficient (Wildman–Crippen LogP) is 2.93. The van der Waals surface area contributed by atoms with Gasteiger partial charge in [0, 0.05) is 18.8 Å². The molecule has 2 aromatic rings. The molecule has 8 nitrogen and oxygen atoms in total. The predicted molar refractivity (Wildman–Crippen MR) is 111 cm³/mol. The van der Waals surface area contributed by atoms with Crippen molar-refractivity contribution in [3.63, 3.8) is 0 Å². The minimum atomic E-state index is -3.71. The highest BCUT2D eigenvalue weighted by Gasteiger charge is 2.28. The highest BCUT2D eigenvalue weighted by Crippen LogP contribution is 2.26. The number of anilines is 1. The Kier molecular flexibility index (Phi) is 6.96. The van der Waals surface area contributed by atoms with Crippen LogP contribution in [0.5, 0.6) is 5.75 Å². The van der Waals surface area contributed by atoms with Crippen molar-refractivity contribution in [3.05, 3.63) is 53.1 Å². The van der Waals surface area contributed by atoms with Crippen LogP contribution in [0.3, 0.4) is 0 Å². The zero-order valence-electron chi connectivity index (χ0n) is 16.3. The molecule has 1 amide bonds. The fourth-order valence-corrected chi connectivity index (χ4v) is 4.72. The lowest BCUT2D eigenvalue weighted by Gasteiger charge is -2.16. The minimum Gasteiger partial charge on any atom is -0.497 e. The third kappa shape index (κ3) is 5.10. The molecule has 30 heavy (non-hydrogen) atoms. The lowest BCUT2D eigenvalue weighted by Crippen LogP contribution is -2.28. The molecule has 160 valence electrons. The number of benzene rings is 2. The number of rotatable bonds is 7. The number of carbonyl (C=O) groups is 2. The molecular weight excluding hydrogens is 432 g/mol. The summed E-state index contributed by atoms with van der Waals surface area (Å²) in [5.41, 5.74) is 0.391. The Bertz CT molecular complexity index is 1030. The summed E-state index contributed by atoms with van der Waals surface area (Å²) in [6, 6.07) is 10.5. The lowest BCUT2D eigenvalue weighted by molar-refractivity contribution is -0.119. The number of halogens is 1. The van der Waals surface area contributed by atoms with Crippen molar-refractivity contribution < 1.29 is 27.5 Å². The molecule has 2 aromatic carbocycles. The molecule has 1 heterocycles. The molecule has 0 aromatic heterocycles. The molecule has 1 saturated heterocycles. The number of esters is 1.